The van der Waals surface area contributed by atoms with Gasteiger partial charge in [0.05, 0.1) is 28.6 Å². The van der Waals surface area contributed by atoms with Crippen molar-refractivity contribution in [2.75, 3.05) is 13.1 Å². The summed E-state index contributed by atoms with van der Waals surface area (Å²) in [5, 5.41) is 11.4. The van der Waals surface area contributed by atoms with Gasteiger partial charge in [-0.05, 0) is 38.2 Å². The summed E-state index contributed by atoms with van der Waals surface area (Å²) < 4.78 is 5.45. The van der Waals surface area contributed by atoms with E-state index in [1.165, 1.54) is 0 Å². The number of rotatable bonds is 4. The van der Waals surface area contributed by atoms with Gasteiger partial charge in [-0.1, -0.05) is 35.5 Å². The van der Waals surface area contributed by atoms with Crippen molar-refractivity contribution in [1.82, 2.24) is 20.3 Å². The van der Waals surface area contributed by atoms with Crippen LogP contribution in [0.3, 0.4) is 0 Å². The number of hydrogen-bond donors (Lipinski definition) is 1. The number of aromatic amines is 1. The molecule has 2 fully saturated rings. The predicted octanol–water partition coefficient (Wildman–Crippen LogP) is 3.81. The van der Waals surface area contributed by atoms with Crippen LogP contribution in [0.4, 0.5) is 0 Å². The van der Waals surface area contributed by atoms with Crippen LogP contribution in [0.15, 0.2) is 47.1 Å². The average molecular weight is 376 g/mol. The first kappa shape index (κ1) is 17.2. The van der Waals surface area contributed by atoms with Crippen LogP contribution in [0, 0.1) is 6.92 Å². The molecule has 5 rings (SSSR count). The lowest BCUT2D eigenvalue weighted by molar-refractivity contribution is -0.135. The minimum Gasteiger partial charge on any atom is -0.356 e. The second kappa shape index (κ2) is 6.62. The highest BCUT2D eigenvalue weighted by Gasteiger charge is 2.53. The van der Waals surface area contributed by atoms with E-state index in [0.29, 0.717) is 0 Å². The van der Waals surface area contributed by atoms with E-state index < -0.39 is 0 Å². The molecule has 1 aliphatic carbocycles. The highest BCUT2D eigenvalue weighted by molar-refractivity contribution is 5.91. The second-order valence-electron chi connectivity index (χ2n) is 8.07. The van der Waals surface area contributed by atoms with Crippen molar-refractivity contribution in [3.63, 3.8) is 0 Å². The maximum Gasteiger partial charge on any atom is 0.233 e. The maximum atomic E-state index is 13.4. The van der Waals surface area contributed by atoms with E-state index in [-0.39, 0.29) is 17.2 Å². The number of aryl methyl sites for hydroxylation is 1. The van der Waals surface area contributed by atoms with Gasteiger partial charge in [-0.15, -0.1) is 0 Å². The fourth-order valence-corrected chi connectivity index (χ4v) is 4.50. The monoisotopic (exact) mass is 376 g/mol. The van der Waals surface area contributed by atoms with Crippen LogP contribution >= 0.6 is 0 Å². The molecule has 0 unspecified atom stereocenters. The molecule has 2 aliphatic rings. The fraction of sp³-hybridized carbons (Fsp3) is 0.409. The molecule has 0 bridgehead atoms. The Morgan fingerprint density at radius 2 is 2.11 bits per heavy atom. The van der Waals surface area contributed by atoms with E-state index >= 15 is 0 Å². The molecule has 1 saturated carbocycles. The highest BCUT2D eigenvalue weighted by Crippen LogP contribution is 2.50. The molecule has 6 nitrogen and oxygen atoms in total. The Balaban J connectivity index is 1.38. The second-order valence-corrected chi connectivity index (χ2v) is 8.07. The Bertz CT molecular complexity index is 987. The number of H-pyrrole nitrogens is 1. The van der Waals surface area contributed by atoms with Gasteiger partial charge in [0.15, 0.2) is 5.76 Å². The molecule has 3 heterocycles. The quantitative estimate of drug-likeness (QED) is 0.751. The average Bonchev–Trinajstić information content (AvgIpc) is 3.19. The molecule has 2 aromatic heterocycles. The molecule has 1 amide bonds. The summed E-state index contributed by atoms with van der Waals surface area (Å²) in [6, 6.07) is 12.2. The van der Waals surface area contributed by atoms with Crippen LogP contribution < -0.4 is 0 Å². The number of hydrogen-bond acceptors (Lipinski definition) is 4. The minimum absolute atomic E-state index is 0.229. The first-order chi connectivity index (χ1) is 13.7. The molecule has 0 radical (unpaired) electrons. The number of nitrogens with zero attached hydrogens (tertiary/aromatic N) is 3. The molecule has 3 aromatic rings. The lowest BCUT2D eigenvalue weighted by atomic mass is 9.89. The summed E-state index contributed by atoms with van der Waals surface area (Å²) in [7, 11) is 0. The number of carbonyl (C=O) groups is 1. The summed E-state index contributed by atoms with van der Waals surface area (Å²) in [6.07, 6.45) is 5.72. The maximum absolute atomic E-state index is 13.4. The first-order valence-corrected chi connectivity index (χ1v) is 9.99. The molecule has 144 valence electrons. The molecule has 0 spiro atoms. The SMILES string of the molecule is Cc1cc(-c2cn[nH]c2[C@@H]2CCCN(C(=O)C3(c4ccccc4)CC3)C2)on1. The third-order valence-electron chi connectivity index (χ3n) is 6.16. The Hall–Kier alpha value is -2.89. The molecular weight excluding hydrogens is 352 g/mol. The number of nitrogens with one attached hydrogen (secondary N) is 1. The lowest BCUT2D eigenvalue weighted by Crippen LogP contribution is -2.44. The van der Waals surface area contributed by atoms with Crippen molar-refractivity contribution >= 4 is 5.91 Å². The molecule has 1 N–H and O–H groups in total. The number of benzene rings is 1. The van der Waals surface area contributed by atoms with Gasteiger partial charge in [0.2, 0.25) is 5.91 Å². The zero-order valence-corrected chi connectivity index (χ0v) is 16.0. The summed E-state index contributed by atoms with van der Waals surface area (Å²) in [4.78, 5) is 15.5. The Kier molecular flexibility index (Phi) is 4.07. The van der Waals surface area contributed by atoms with Gasteiger partial charge in [0.25, 0.3) is 0 Å². The Morgan fingerprint density at radius 3 is 2.82 bits per heavy atom. The first-order valence-electron chi connectivity index (χ1n) is 9.99. The molecule has 1 aromatic carbocycles. The van der Waals surface area contributed by atoms with Crippen molar-refractivity contribution in [2.24, 2.45) is 0 Å². The fourth-order valence-electron chi connectivity index (χ4n) is 4.50. The Morgan fingerprint density at radius 1 is 1.29 bits per heavy atom. The molecule has 6 heteroatoms. The van der Waals surface area contributed by atoms with Crippen molar-refractivity contribution in [3.8, 4) is 11.3 Å². The van der Waals surface area contributed by atoms with Gasteiger partial charge in [0, 0.05) is 25.1 Å². The molecule has 1 saturated heterocycles. The van der Waals surface area contributed by atoms with Crippen molar-refractivity contribution in [3.05, 3.63) is 59.5 Å². The van der Waals surface area contributed by atoms with E-state index in [4.69, 9.17) is 4.52 Å². The van der Waals surface area contributed by atoms with E-state index in [0.717, 1.165) is 67.0 Å². The molecular formula is C22H24N4O2. The van der Waals surface area contributed by atoms with Crippen molar-refractivity contribution in [1.29, 1.82) is 0 Å². The van der Waals surface area contributed by atoms with Crippen molar-refractivity contribution < 1.29 is 9.32 Å². The van der Waals surface area contributed by atoms with Gasteiger partial charge in [-0.25, -0.2) is 0 Å². The normalized spacial score (nSPS) is 20.9. The number of carbonyl (C=O) groups excluding carboxylic acids is 1. The van der Waals surface area contributed by atoms with E-state index in [2.05, 4.69) is 32.4 Å². The van der Waals surface area contributed by atoms with Gasteiger partial charge >= 0.3 is 0 Å². The summed E-state index contributed by atoms with van der Waals surface area (Å²) in [6.45, 7) is 3.46. The highest BCUT2D eigenvalue weighted by atomic mass is 16.5. The number of likely N-dealkylation sites (tertiary alicyclic amines) is 1. The van der Waals surface area contributed by atoms with Crippen LogP contribution in [-0.4, -0.2) is 39.3 Å². The molecule has 1 aliphatic heterocycles. The van der Waals surface area contributed by atoms with Crippen LogP contribution in [0.2, 0.25) is 0 Å². The zero-order chi connectivity index (χ0) is 19.1. The van der Waals surface area contributed by atoms with Crippen LogP contribution in [-0.2, 0) is 10.2 Å². The lowest BCUT2D eigenvalue weighted by Gasteiger charge is -2.35. The van der Waals surface area contributed by atoms with Gasteiger partial charge in [-0.2, -0.15) is 5.10 Å². The summed E-state index contributed by atoms with van der Waals surface area (Å²) >= 11 is 0. The van der Waals surface area contributed by atoms with Crippen molar-refractivity contribution in [2.45, 2.75) is 43.9 Å². The molecule has 1 atom stereocenters. The number of amides is 1. The van der Waals surface area contributed by atoms with Crippen LogP contribution in [0.5, 0.6) is 0 Å². The zero-order valence-electron chi connectivity index (χ0n) is 16.0. The molecule has 28 heavy (non-hydrogen) atoms. The number of aromatic nitrogens is 3. The van der Waals surface area contributed by atoms with Gasteiger partial charge < -0.3 is 9.42 Å². The summed E-state index contributed by atoms with van der Waals surface area (Å²) in [5.41, 5.74) is 3.69. The topological polar surface area (TPSA) is 75.0 Å². The third-order valence-corrected chi connectivity index (χ3v) is 6.16. The van der Waals surface area contributed by atoms with E-state index in [1.807, 2.05) is 31.2 Å². The summed E-state index contributed by atoms with van der Waals surface area (Å²) in [5.74, 6) is 1.24. The Labute approximate surface area is 163 Å². The number of piperidine rings is 1. The van der Waals surface area contributed by atoms with Crippen LogP contribution in [0.25, 0.3) is 11.3 Å². The van der Waals surface area contributed by atoms with Gasteiger partial charge in [0.1, 0.15) is 0 Å². The predicted molar refractivity (Wildman–Crippen MR) is 105 cm³/mol. The smallest absolute Gasteiger partial charge is 0.233 e. The van der Waals surface area contributed by atoms with E-state index in [1.54, 1.807) is 6.20 Å². The third kappa shape index (κ3) is 2.84. The minimum atomic E-state index is -0.304. The standard InChI is InChI=1S/C22H24N4O2/c1-15-12-19(28-25-15)18-13-23-24-20(18)16-6-5-11-26(14-16)21(27)22(9-10-22)17-7-3-2-4-8-17/h2-4,7-8,12-13,16H,5-6,9-11,14H2,1H3,(H,23,24)/t16-/m1/s1. The largest absolute Gasteiger partial charge is 0.356 e. The van der Waals surface area contributed by atoms with E-state index in [9.17, 15) is 4.79 Å². The van der Waals surface area contributed by atoms with Gasteiger partial charge in [-0.3, -0.25) is 9.89 Å². The van der Waals surface area contributed by atoms with Crippen LogP contribution in [0.1, 0.15) is 48.6 Å².